The number of amides is 1. The minimum atomic E-state index is -0.946. The van der Waals surface area contributed by atoms with Crippen LogP contribution >= 0.6 is 27.3 Å². The molecule has 3 aromatic rings. The highest BCUT2D eigenvalue weighted by Gasteiger charge is 2.20. The smallest absolute Gasteiger partial charge is 0.326 e. The summed E-state index contributed by atoms with van der Waals surface area (Å²) in [5.74, 6) is 0.177. The Bertz CT molecular complexity index is 1210. The van der Waals surface area contributed by atoms with Crippen LogP contribution < -0.4 is 20.7 Å². The molecule has 0 saturated heterocycles. The molecule has 0 spiro atoms. The van der Waals surface area contributed by atoms with Crippen LogP contribution in [0.25, 0.3) is 10.2 Å². The van der Waals surface area contributed by atoms with Crippen LogP contribution in [0.15, 0.2) is 51.9 Å². The molecule has 9 nitrogen and oxygen atoms in total. The van der Waals surface area contributed by atoms with E-state index in [0.717, 1.165) is 39.8 Å². The summed E-state index contributed by atoms with van der Waals surface area (Å²) in [6.45, 7) is 1.95. The van der Waals surface area contributed by atoms with Gasteiger partial charge in [0, 0.05) is 30.4 Å². The van der Waals surface area contributed by atoms with Gasteiger partial charge in [-0.15, -0.1) is 0 Å². The number of carboxylic acid groups (broad SMARTS) is 1. The topological polar surface area (TPSA) is 125 Å². The van der Waals surface area contributed by atoms with Crippen molar-refractivity contribution in [2.75, 3.05) is 25.0 Å². The summed E-state index contributed by atoms with van der Waals surface area (Å²) in [6, 6.07) is 12.3. The Balaban J connectivity index is 1.24. The molecule has 2 heterocycles. The van der Waals surface area contributed by atoms with Gasteiger partial charge in [0.05, 0.1) is 16.8 Å². The third kappa shape index (κ3) is 7.40. The maximum Gasteiger partial charge on any atom is 0.326 e. The number of anilines is 1. The molecule has 1 amide bonds. The van der Waals surface area contributed by atoms with E-state index >= 15 is 0 Å². The number of nitrogens with zero attached hydrogens (tertiary/aromatic N) is 2. The summed E-state index contributed by atoms with van der Waals surface area (Å²) in [7, 11) is 0. The van der Waals surface area contributed by atoms with E-state index in [4.69, 9.17) is 4.74 Å². The molecular weight excluding hydrogens is 534 g/mol. The SMILES string of the molecule is O=C(CCCOc1ccc(CC(Nc2nc3cc(Br)ccc3s2)C(=O)O)cc1)NC1=NCCCN1. The van der Waals surface area contributed by atoms with Gasteiger partial charge in [0.1, 0.15) is 11.8 Å². The van der Waals surface area contributed by atoms with Crippen LogP contribution in [0.2, 0.25) is 0 Å². The number of aromatic nitrogens is 1. The second-order valence-electron chi connectivity index (χ2n) is 8.03. The zero-order valence-corrected chi connectivity index (χ0v) is 21.3. The van der Waals surface area contributed by atoms with Gasteiger partial charge in [-0.25, -0.2) is 9.78 Å². The van der Waals surface area contributed by atoms with E-state index in [1.807, 2.05) is 42.5 Å². The summed E-state index contributed by atoms with van der Waals surface area (Å²) in [6.07, 6.45) is 2.19. The third-order valence-corrected chi connectivity index (χ3v) is 6.74. The molecule has 1 unspecified atom stereocenters. The Hall–Kier alpha value is -3.18. The molecule has 35 heavy (non-hydrogen) atoms. The molecule has 1 aliphatic rings. The van der Waals surface area contributed by atoms with E-state index in [-0.39, 0.29) is 5.91 Å². The molecular formula is C24H26BrN5O4S. The number of benzene rings is 2. The van der Waals surface area contributed by atoms with E-state index in [0.29, 0.717) is 42.7 Å². The first-order chi connectivity index (χ1) is 17.0. The van der Waals surface area contributed by atoms with E-state index in [1.165, 1.54) is 11.3 Å². The number of hydrogen-bond donors (Lipinski definition) is 4. The Morgan fingerprint density at radius 2 is 2.06 bits per heavy atom. The van der Waals surface area contributed by atoms with Gasteiger partial charge >= 0.3 is 5.97 Å². The van der Waals surface area contributed by atoms with Crippen molar-refractivity contribution in [2.24, 2.45) is 4.99 Å². The number of carbonyl (C=O) groups excluding carboxylic acids is 1. The Kier molecular flexibility index (Phi) is 8.54. The lowest BCUT2D eigenvalue weighted by Gasteiger charge is -2.15. The first-order valence-corrected chi connectivity index (χ1v) is 12.9. The summed E-state index contributed by atoms with van der Waals surface area (Å²) >= 11 is 4.85. The minimum absolute atomic E-state index is 0.0925. The lowest BCUT2D eigenvalue weighted by Crippen LogP contribution is -2.43. The Morgan fingerprint density at radius 3 is 2.80 bits per heavy atom. The van der Waals surface area contributed by atoms with Gasteiger partial charge in [0.15, 0.2) is 11.1 Å². The first kappa shape index (κ1) is 24.9. The number of carbonyl (C=O) groups is 2. The number of rotatable bonds is 10. The van der Waals surface area contributed by atoms with Crippen molar-refractivity contribution >= 4 is 60.5 Å². The molecule has 0 saturated carbocycles. The van der Waals surface area contributed by atoms with Crippen LogP contribution in [-0.2, 0) is 16.0 Å². The van der Waals surface area contributed by atoms with Crippen molar-refractivity contribution in [3.05, 3.63) is 52.5 Å². The number of halogens is 1. The summed E-state index contributed by atoms with van der Waals surface area (Å²) in [4.78, 5) is 32.5. The molecule has 2 aromatic carbocycles. The van der Waals surface area contributed by atoms with Gasteiger partial charge in [0.2, 0.25) is 5.91 Å². The largest absolute Gasteiger partial charge is 0.494 e. The van der Waals surface area contributed by atoms with E-state index < -0.39 is 12.0 Å². The monoisotopic (exact) mass is 559 g/mol. The van der Waals surface area contributed by atoms with Crippen LogP contribution in [-0.4, -0.2) is 53.7 Å². The summed E-state index contributed by atoms with van der Waals surface area (Å²) < 4.78 is 7.63. The number of guanidine groups is 1. The van der Waals surface area contributed by atoms with E-state index in [9.17, 15) is 14.7 Å². The van der Waals surface area contributed by atoms with Crippen LogP contribution in [0.1, 0.15) is 24.8 Å². The fourth-order valence-corrected chi connectivity index (χ4v) is 4.75. The highest BCUT2D eigenvalue weighted by atomic mass is 79.9. The van der Waals surface area contributed by atoms with Gasteiger partial charge in [0.25, 0.3) is 0 Å². The fraction of sp³-hybridized carbons (Fsp3) is 0.333. The van der Waals surface area contributed by atoms with Crippen molar-refractivity contribution in [3.8, 4) is 5.75 Å². The molecule has 0 radical (unpaired) electrons. The molecule has 4 N–H and O–H groups in total. The number of thiazole rings is 1. The number of aliphatic imine (C=N–C) groups is 1. The molecule has 0 aliphatic carbocycles. The quantitative estimate of drug-likeness (QED) is 0.278. The number of hydrogen-bond acceptors (Lipinski definition) is 8. The first-order valence-electron chi connectivity index (χ1n) is 11.3. The highest BCUT2D eigenvalue weighted by molar-refractivity contribution is 9.10. The Labute approximate surface area is 215 Å². The second kappa shape index (κ2) is 12.0. The number of ether oxygens (including phenoxy) is 1. The molecule has 1 aromatic heterocycles. The Morgan fingerprint density at radius 1 is 1.23 bits per heavy atom. The van der Waals surface area contributed by atoms with Crippen LogP contribution in [0.3, 0.4) is 0 Å². The molecule has 1 atom stereocenters. The predicted octanol–water partition coefficient (Wildman–Crippen LogP) is 3.79. The molecule has 184 valence electrons. The van der Waals surface area contributed by atoms with Crippen molar-refractivity contribution in [3.63, 3.8) is 0 Å². The van der Waals surface area contributed by atoms with Gasteiger partial charge < -0.3 is 20.5 Å². The van der Waals surface area contributed by atoms with E-state index in [2.05, 4.69) is 41.9 Å². The van der Waals surface area contributed by atoms with E-state index in [1.54, 1.807) is 0 Å². The van der Waals surface area contributed by atoms with Crippen molar-refractivity contribution in [1.82, 2.24) is 15.6 Å². The maximum atomic E-state index is 12.0. The normalized spacial score (nSPS) is 14.0. The molecule has 1 aliphatic heterocycles. The number of nitrogens with one attached hydrogen (secondary N) is 3. The number of carboxylic acids is 1. The van der Waals surface area contributed by atoms with Crippen molar-refractivity contribution in [1.29, 1.82) is 0 Å². The molecule has 4 rings (SSSR count). The number of fused-ring (bicyclic) bond motifs is 1. The van der Waals surface area contributed by atoms with Gasteiger partial charge in [-0.05, 0) is 48.7 Å². The third-order valence-electron chi connectivity index (χ3n) is 5.28. The number of aliphatic carboxylic acids is 1. The standard InChI is InChI=1S/C24H26BrN5O4S/c25-16-6-9-20-18(14-16)28-24(35-20)29-19(22(32)33)13-15-4-7-17(8-5-15)34-12-1-3-21(31)30-23-26-10-2-11-27-23/h4-9,14,19H,1-3,10-13H2,(H,28,29)(H,32,33)(H2,26,27,30,31). The predicted molar refractivity (Wildman–Crippen MR) is 140 cm³/mol. The van der Waals surface area contributed by atoms with Crippen LogP contribution in [0.4, 0.5) is 5.13 Å². The van der Waals surface area contributed by atoms with Crippen LogP contribution in [0, 0.1) is 0 Å². The van der Waals surface area contributed by atoms with Crippen molar-refractivity contribution < 1.29 is 19.4 Å². The maximum absolute atomic E-state index is 12.0. The summed E-state index contributed by atoms with van der Waals surface area (Å²) in [5.41, 5.74) is 1.68. The summed E-state index contributed by atoms with van der Waals surface area (Å²) in [5, 5.41) is 19.1. The molecule has 11 heteroatoms. The molecule has 0 fully saturated rings. The fourth-order valence-electron chi connectivity index (χ4n) is 3.50. The minimum Gasteiger partial charge on any atom is -0.494 e. The van der Waals surface area contributed by atoms with Gasteiger partial charge in [-0.1, -0.05) is 39.4 Å². The highest BCUT2D eigenvalue weighted by Crippen LogP contribution is 2.29. The van der Waals surface area contributed by atoms with Crippen LogP contribution in [0.5, 0.6) is 5.75 Å². The zero-order valence-electron chi connectivity index (χ0n) is 18.9. The van der Waals surface area contributed by atoms with Crippen molar-refractivity contribution in [2.45, 2.75) is 31.7 Å². The lowest BCUT2D eigenvalue weighted by molar-refractivity contribution is -0.137. The van der Waals surface area contributed by atoms with Gasteiger partial charge in [-0.3, -0.25) is 15.1 Å². The average molecular weight is 560 g/mol. The lowest BCUT2D eigenvalue weighted by atomic mass is 10.1. The zero-order chi connectivity index (χ0) is 24.6. The average Bonchev–Trinajstić information content (AvgIpc) is 3.24. The second-order valence-corrected chi connectivity index (χ2v) is 9.97. The van der Waals surface area contributed by atoms with Gasteiger partial charge in [-0.2, -0.15) is 0 Å². The molecule has 0 bridgehead atoms.